The van der Waals surface area contributed by atoms with Gasteiger partial charge >= 0.3 is 0 Å². The van der Waals surface area contributed by atoms with Crippen molar-refractivity contribution in [2.45, 2.75) is 60.0 Å². The summed E-state index contributed by atoms with van der Waals surface area (Å²) < 4.78 is 5.49. The molecule has 0 bridgehead atoms. The van der Waals surface area contributed by atoms with Crippen molar-refractivity contribution in [3.8, 4) is 0 Å². The van der Waals surface area contributed by atoms with Gasteiger partial charge in [0.25, 0.3) is 0 Å². The van der Waals surface area contributed by atoms with Crippen molar-refractivity contribution in [1.82, 2.24) is 0 Å². The molecule has 2 heteroatoms. The smallest absolute Gasteiger partial charge is 0.0518 e. The van der Waals surface area contributed by atoms with E-state index >= 15 is 0 Å². The van der Waals surface area contributed by atoms with Crippen LogP contribution in [-0.2, 0) is 4.74 Å². The molecule has 0 saturated heterocycles. The SMILES string of the molecule is CC=NC(CCCCOC(C)C)=C(C)C. The number of rotatable bonds is 7. The third kappa shape index (κ3) is 8.37. The lowest BCUT2D eigenvalue weighted by Crippen LogP contribution is -2.03. The Morgan fingerprint density at radius 3 is 2.40 bits per heavy atom. The molecule has 15 heavy (non-hydrogen) atoms. The lowest BCUT2D eigenvalue weighted by atomic mass is 10.1. The standard InChI is InChI=1S/C13H25NO/c1-6-14-13(11(2)3)9-7-8-10-15-12(4)5/h6,12H,7-10H2,1-5H3. The molecule has 0 aliphatic rings. The zero-order valence-corrected chi connectivity index (χ0v) is 10.8. The van der Waals surface area contributed by atoms with Gasteiger partial charge in [-0.1, -0.05) is 5.57 Å². The maximum atomic E-state index is 5.49. The number of hydrogen-bond acceptors (Lipinski definition) is 2. The summed E-state index contributed by atoms with van der Waals surface area (Å²) in [6.07, 6.45) is 5.56. The Bertz CT molecular complexity index is 213. The van der Waals surface area contributed by atoms with Gasteiger partial charge in [0.15, 0.2) is 0 Å². The van der Waals surface area contributed by atoms with Crippen LogP contribution in [0.2, 0.25) is 0 Å². The molecule has 0 radical (unpaired) electrons. The van der Waals surface area contributed by atoms with Gasteiger partial charge in [-0.25, -0.2) is 0 Å². The highest BCUT2D eigenvalue weighted by Gasteiger charge is 1.98. The van der Waals surface area contributed by atoms with Crippen LogP contribution < -0.4 is 0 Å². The van der Waals surface area contributed by atoms with Crippen LogP contribution in [0.1, 0.15) is 53.9 Å². The fourth-order valence-electron chi connectivity index (χ4n) is 1.31. The molecule has 0 heterocycles. The third-order valence-electron chi connectivity index (χ3n) is 2.12. The lowest BCUT2D eigenvalue weighted by Gasteiger charge is -2.07. The first-order chi connectivity index (χ1) is 7.07. The van der Waals surface area contributed by atoms with E-state index in [4.69, 9.17) is 4.74 Å². The molecule has 0 rings (SSSR count). The van der Waals surface area contributed by atoms with Gasteiger partial charge in [-0.2, -0.15) is 0 Å². The normalized spacial score (nSPS) is 11.3. The maximum absolute atomic E-state index is 5.49. The predicted molar refractivity (Wildman–Crippen MR) is 67.5 cm³/mol. The number of unbranched alkanes of at least 4 members (excludes halogenated alkanes) is 1. The van der Waals surface area contributed by atoms with Crippen molar-refractivity contribution in [2.75, 3.05) is 6.61 Å². The monoisotopic (exact) mass is 211 g/mol. The second-order valence-electron chi connectivity index (χ2n) is 4.21. The van der Waals surface area contributed by atoms with E-state index < -0.39 is 0 Å². The van der Waals surface area contributed by atoms with Gasteiger partial charge in [-0.3, -0.25) is 4.99 Å². The summed E-state index contributed by atoms with van der Waals surface area (Å²) in [7, 11) is 0. The first-order valence-electron chi connectivity index (χ1n) is 5.84. The van der Waals surface area contributed by atoms with E-state index in [1.807, 2.05) is 13.1 Å². The summed E-state index contributed by atoms with van der Waals surface area (Å²) >= 11 is 0. The van der Waals surface area contributed by atoms with E-state index in [1.165, 1.54) is 11.3 Å². The van der Waals surface area contributed by atoms with Crippen molar-refractivity contribution in [3.05, 3.63) is 11.3 Å². The molecule has 0 fully saturated rings. The Labute approximate surface area is 94.4 Å². The van der Waals surface area contributed by atoms with Crippen molar-refractivity contribution in [3.63, 3.8) is 0 Å². The molecule has 0 spiro atoms. The maximum Gasteiger partial charge on any atom is 0.0518 e. The molecule has 0 atom stereocenters. The summed E-state index contributed by atoms with van der Waals surface area (Å²) in [5.74, 6) is 0. The van der Waals surface area contributed by atoms with Crippen LogP contribution in [0.5, 0.6) is 0 Å². The number of aliphatic imine (C=N–C) groups is 1. The number of nitrogens with zero attached hydrogens (tertiary/aromatic N) is 1. The van der Waals surface area contributed by atoms with Crippen LogP contribution in [0, 0.1) is 0 Å². The summed E-state index contributed by atoms with van der Waals surface area (Å²) in [5, 5.41) is 0. The van der Waals surface area contributed by atoms with Gasteiger partial charge in [0.2, 0.25) is 0 Å². The minimum Gasteiger partial charge on any atom is -0.379 e. The topological polar surface area (TPSA) is 21.6 Å². The highest BCUT2D eigenvalue weighted by atomic mass is 16.5. The average molecular weight is 211 g/mol. The summed E-state index contributed by atoms with van der Waals surface area (Å²) in [6.45, 7) is 11.2. The lowest BCUT2D eigenvalue weighted by molar-refractivity contribution is 0.0761. The molecule has 0 aromatic rings. The number of hydrogen-bond donors (Lipinski definition) is 0. The van der Waals surface area contributed by atoms with Crippen LogP contribution in [0.25, 0.3) is 0 Å². The first kappa shape index (κ1) is 14.4. The van der Waals surface area contributed by atoms with E-state index in [0.717, 1.165) is 25.9 Å². The molecule has 0 aromatic carbocycles. The fourth-order valence-corrected chi connectivity index (χ4v) is 1.31. The van der Waals surface area contributed by atoms with E-state index in [-0.39, 0.29) is 0 Å². The van der Waals surface area contributed by atoms with Gasteiger partial charge in [-0.15, -0.1) is 0 Å². The Hall–Kier alpha value is -0.630. The van der Waals surface area contributed by atoms with Gasteiger partial charge in [0, 0.05) is 18.5 Å². The quantitative estimate of drug-likeness (QED) is 0.461. The largest absolute Gasteiger partial charge is 0.379 e. The molecule has 2 nitrogen and oxygen atoms in total. The first-order valence-corrected chi connectivity index (χ1v) is 5.84. The minimum absolute atomic E-state index is 0.349. The van der Waals surface area contributed by atoms with Crippen LogP contribution >= 0.6 is 0 Å². The van der Waals surface area contributed by atoms with E-state index in [0.29, 0.717) is 6.10 Å². The van der Waals surface area contributed by atoms with Crippen LogP contribution in [0.15, 0.2) is 16.3 Å². The summed E-state index contributed by atoms with van der Waals surface area (Å²) in [5.41, 5.74) is 2.54. The number of ether oxygens (including phenoxy) is 1. The third-order valence-corrected chi connectivity index (χ3v) is 2.12. The van der Waals surface area contributed by atoms with Gasteiger partial charge in [0.1, 0.15) is 0 Å². The van der Waals surface area contributed by atoms with E-state index in [2.05, 4.69) is 32.7 Å². The Balaban J connectivity index is 3.69. The second kappa shape index (κ2) is 8.66. The molecule has 0 aliphatic heterocycles. The Morgan fingerprint density at radius 1 is 1.27 bits per heavy atom. The molecule has 0 amide bonds. The predicted octanol–water partition coefficient (Wildman–Crippen LogP) is 3.97. The van der Waals surface area contributed by atoms with Crippen LogP contribution in [0.3, 0.4) is 0 Å². The molecule has 0 saturated carbocycles. The van der Waals surface area contributed by atoms with Crippen molar-refractivity contribution < 1.29 is 4.74 Å². The van der Waals surface area contributed by atoms with Gasteiger partial charge < -0.3 is 4.74 Å². The molecule has 0 unspecified atom stereocenters. The molecule has 88 valence electrons. The van der Waals surface area contributed by atoms with Crippen LogP contribution in [-0.4, -0.2) is 18.9 Å². The minimum atomic E-state index is 0.349. The van der Waals surface area contributed by atoms with E-state index in [1.54, 1.807) is 0 Å². The molecular weight excluding hydrogens is 186 g/mol. The molecule has 0 aliphatic carbocycles. The second-order valence-corrected chi connectivity index (χ2v) is 4.21. The molecular formula is C13H25NO. The van der Waals surface area contributed by atoms with Crippen molar-refractivity contribution in [2.24, 2.45) is 4.99 Å². The van der Waals surface area contributed by atoms with Crippen molar-refractivity contribution >= 4 is 6.21 Å². The average Bonchev–Trinajstić information content (AvgIpc) is 2.15. The molecule has 0 aromatic heterocycles. The van der Waals surface area contributed by atoms with Gasteiger partial charge in [0.05, 0.1) is 6.10 Å². The fraction of sp³-hybridized carbons (Fsp3) is 0.769. The molecule has 0 N–H and O–H groups in total. The highest BCUT2D eigenvalue weighted by Crippen LogP contribution is 2.13. The number of allylic oxidation sites excluding steroid dienone is 2. The van der Waals surface area contributed by atoms with E-state index in [9.17, 15) is 0 Å². The van der Waals surface area contributed by atoms with Gasteiger partial charge in [-0.05, 0) is 53.9 Å². The summed E-state index contributed by atoms with van der Waals surface area (Å²) in [6, 6.07) is 0. The van der Waals surface area contributed by atoms with Crippen molar-refractivity contribution in [1.29, 1.82) is 0 Å². The zero-order valence-electron chi connectivity index (χ0n) is 10.8. The van der Waals surface area contributed by atoms with Crippen LogP contribution in [0.4, 0.5) is 0 Å². The summed E-state index contributed by atoms with van der Waals surface area (Å²) in [4.78, 5) is 4.37. The highest BCUT2D eigenvalue weighted by molar-refractivity contribution is 5.55. The Kier molecular flexibility index (Phi) is 8.30. The zero-order chi connectivity index (χ0) is 11.7. The Morgan fingerprint density at radius 2 is 1.93 bits per heavy atom.